The first-order valence-corrected chi connectivity index (χ1v) is 16.4. The van der Waals surface area contributed by atoms with Crippen molar-refractivity contribution < 1.29 is 8.78 Å². The fourth-order valence-electron chi connectivity index (χ4n) is 7.82. The van der Waals surface area contributed by atoms with Gasteiger partial charge in [-0.1, -0.05) is 81.9 Å². The summed E-state index contributed by atoms with van der Waals surface area (Å²) in [6, 6.07) is 3.76. The van der Waals surface area contributed by atoms with Gasteiger partial charge in [0.1, 0.15) is 0 Å². The van der Waals surface area contributed by atoms with E-state index < -0.39 is 11.6 Å². The zero-order valence-electron chi connectivity index (χ0n) is 24.5. The van der Waals surface area contributed by atoms with Crippen LogP contribution in [0.15, 0.2) is 35.9 Å². The zero-order valence-corrected chi connectivity index (χ0v) is 24.5. The zero-order chi connectivity index (χ0) is 26.7. The van der Waals surface area contributed by atoms with E-state index in [-0.39, 0.29) is 5.92 Å². The summed E-state index contributed by atoms with van der Waals surface area (Å²) in [5, 5.41) is 0. The fourth-order valence-corrected chi connectivity index (χ4v) is 7.82. The molecule has 0 bridgehead atoms. The molecular formula is C36H54F2. The molecule has 2 fully saturated rings. The van der Waals surface area contributed by atoms with Gasteiger partial charge < -0.3 is 0 Å². The van der Waals surface area contributed by atoms with Crippen LogP contribution in [-0.4, -0.2) is 0 Å². The minimum atomic E-state index is -0.584. The van der Waals surface area contributed by atoms with Crippen molar-refractivity contribution in [2.24, 2.45) is 23.7 Å². The first-order valence-electron chi connectivity index (χ1n) is 16.4. The molecule has 0 saturated heterocycles. The molecule has 0 spiro atoms. The van der Waals surface area contributed by atoms with Crippen LogP contribution >= 0.6 is 0 Å². The molecule has 0 N–H and O–H groups in total. The van der Waals surface area contributed by atoms with Crippen LogP contribution in [0.2, 0.25) is 0 Å². The van der Waals surface area contributed by atoms with Crippen LogP contribution in [0.1, 0.15) is 146 Å². The molecular weight excluding hydrogens is 470 g/mol. The van der Waals surface area contributed by atoms with Crippen LogP contribution in [-0.2, 0) is 6.42 Å². The normalized spacial score (nSPS) is 28.5. The highest BCUT2D eigenvalue weighted by Crippen LogP contribution is 2.45. The number of unbranched alkanes of at least 4 members (excludes halogenated alkanes) is 5. The van der Waals surface area contributed by atoms with Gasteiger partial charge in [-0.25, -0.2) is 8.78 Å². The largest absolute Gasteiger partial charge is 0.203 e. The van der Waals surface area contributed by atoms with Gasteiger partial charge in [0, 0.05) is 0 Å². The quantitative estimate of drug-likeness (QED) is 0.188. The van der Waals surface area contributed by atoms with Crippen LogP contribution in [0.4, 0.5) is 8.78 Å². The summed E-state index contributed by atoms with van der Waals surface area (Å²) in [6.07, 6.45) is 30.1. The van der Waals surface area contributed by atoms with Crippen LogP contribution < -0.4 is 0 Å². The highest BCUT2D eigenvalue weighted by molar-refractivity contribution is 5.31. The van der Waals surface area contributed by atoms with E-state index in [4.69, 9.17) is 0 Å². The molecule has 2 heteroatoms. The molecule has 0 unspecified atom stereocenters. The molecule has 3 aliphatic rings. The highest BCUT2D eigenvalue weighted by atomic mass is 19.2. The maximum absolute atomic E-state index is 15.1. The average molecular weight is 525 g/mol. The van der Waals surface area contributed by atoms with E-state index >= 15 is 4.39 Å². The Bertz CT molecular complexity index is 896. The van der Waals surface area contributed by atoms with Crippen molar-refractivity contribution in [1.82, 2.24) is 0 Å². The Morgan fingerprint density at radius 1 is 0.737 bits per heavy atom. The maximum atomic E-state index is 15.1. The summed E-state index contributed by atoms with van der Waals surface area (Å²) in [5.74, 6) is 2.43. The predicted molar refractivity (Wildman–Crippen MR) is 158 cm³/mol. The van der Waals surface area contributed by atoms with E-state index in [2.05, 4.69) is 32.1 Å². The maximum Gasteiger partial charge on any atom is 0.162 e. The van der Waals surface area contributed by atoms with Crippen molar-refractivity contribution in [1.29, 1.82) is 0 Å². The van der Waals surface area contributed by atoms with Gasteiger partial charge >= 0.3 is 0 Å². The van der Waals surface area contributed by atoms with Crippen molar-refractivity contribution in [2.75, 3.05) is 0 Å². The lowest BCUT2D eigenvalue weighted by atomic mass is 9.67. The van der Waals surface area contributed by atoms with Crippen LogP contribution in [0.3, 0.4) is 0 Å². The van der Waals surface area contributed by atoms with Gasteiger partial charge in [-0.2, -0.15) is 0 Å². The summed E-state index contributed by atoms with van der Waals surface area (Å²) in [7, 11) is 0. The lowest BCUT2D eigenvalue weighted by Crippen LogP contribution is -2.26. The van der Waals surface area contributed by atoms with Gasteiger partial charge in [0.2, 0.25) is 0 Å². The van der Waals surface area contributed by atoms with Crippen LogP contribution in [0.5, 0.6) is 0 Å². The van der Waals surface area contributed by atoms with E-state index in [1.54, 1.807) is 5.57 Å². The van der Waals surface area contributed by atoms with E-state index in [1.807, 2.05) is 12.1 Å². The van der Waals surface area contributed by atoms with E-state index in [1.165, 1.54) is 77.0 Å². The second-order valence-corrected chi connectivity index (χ2v) is 12.8. The van der Waals surface area contributed by atoms with E-state index in [0.29, 0.717) is 17.5 Å². The molecule has 4 rings (SSSR count). The summed E-state index contributed by atoms with van der Waals surface area (Å²) in [6.45, 7) is 4.45. The molecule has 2 saturated carbocycles. The Kier molecular flexibility index (Phi) is 12.0. The number of hydrogen-bond acceptors (Lipinski definition) is 0. The molecule has 212 valence electrons. The number of aryl methyl sites for hydroxylation is 1. The molecule has 0 radical (unpaired) electrons. The Balaban J connectivity index is 1.22. The van der Waals surface area contributed by atoms with Gasteiger partial charge in [0.05, 0.1) is 0 Å². The summed E-state index contributed by atoms with van der Waals surface area (Å²) in [5.41, 5.74) is 2.79. The summed E-state index contributed by atoms with van der Waals surface area (Å²) < 4.78 is 30.0. The van der Waals surface area contributed by atoms with Gasteiger partial charge in [-0.3, -0.25) is 0 Å². The Labute approximate surface area is 232 Å². The highest BCUT2D eigenvalue weighted by Gasteiger charge is 2.32. The molecule has 0 amide bonds. The number of hydrogen-bond donors (Lipinski definition) is 0. The number of rotatable bonds is 12. The van der Waals surface area contributed by atoms with Gasteiger partial charge in [-0.15, -0.1) is 0 Å². The van der Waals surface area contributed by atoms with Crippen molar-refractivity contribution in [3.05, 3.63) is 58.7 Å². The molecule has 0 aliphatic heterocycles. The van der Waals surface area contributed by atoms with Crippen LogP contribution in [0.25, 0.3) is 0 Å². The molecule has 0 aromatic heterocycles. The fraction of sp³-hybridized carbons (Fsp3) is 0.722. The molecule has 1 aromatic carbocycles. The van der Waals surface area contributed by atoms with Crippen molar-refractivity contribution in [2.45, 2.75) is 142 Å². The summed E-state index contributed by atoms with van der Waals surface area (Å²) >= 11 is 0. The van der Waals surface area contributed by atoms with Gasteiger partial charge in [-0.05, 0) is 131 Å². The molecule has 1 aromatic rings. The molecule has 0 nitrogen and oxygen atoms in total. The Morgan fingerprint density at radius 2 is 1.42 bits per heavy atom. The van der Waals surface area contributed by atoms with Crippen molar-refractivity contribution in [3.63, 3.8) is 0 Å². The standard InChI is InChI=1S/C36H54F2/c1-3-5-7-8-9-10-12-33-25-26-34(36(38)35(33)37)32-23-21-31(22-24-32)30-19-17-29(18-20-30)28-15-13-27(14-16-28)11-6-4-2/h6,11,21,25-30,32H,3-5,7-10,12-20,22-24H2,1-2H3/b11-6+/t27?,28?,29?,30?,32-/m0/s1. The Morgan fingerprint density at radius 3 is 2.08 bits per heavy atom. The molecule has 3 aliphatic carbocycles. The minimum Gasteiger partial charge on any atom is -0.203 e. The smallest absolute Gasteiger partial charge is 0.162 e. The van der Waals surface area contributed by atoms with Gasteiger partial charge in [0.15, 0.2) is 11.6 Å². The van der Waals surface area contributed by atoms with Gasteiger partial charge in [0.25, 0.3) is 0 Å². The Hall–Kier alpha value is -1.44. The number of halogens is 2. The third-order valence-electron chi connectivity index (χ3n) is 10.3. The number of allylic oxidation sites excluding steroid dienone is 4. The number of benzene rings is 1. The minimum absolute atomic E-state index is 0.129. The lowest BCUT2D eigenvalue weighted by molar-refractivity contribution is 0.162. The molecule has 1 atom stereocenters. The van der Waals surface area contributed by atoms with E-state index in [9.17, 15) is 4.39 Å². The molecule has 38 heavy (non-hydrogen) atoms. The van der Waals surface area contributed by atoms with E-state index in [0.717, 1.165) is 62.2 Å². The van der Waals surface area contributed by atoms with Crippen molar-refractivity contribution >= 4 is 0 Å². The monoisotopic (exact) mass is 524 g/mol. The molecule has 0 heterocycles. The third-order valence-corrected chi connectivity index (χ3v) is 10.3. The lowest BCUT2D eigenvalue weighted by Gasteiger charge is -2.38. The topological polar surface area (TPSA) is 0 Å². The second-order valence-electron chi connectivity index (χ2n) is 12.8. The second kappa shape index (κ2) is 15.4. The summed E-state index contributed by atoms with van der Waals surface area (Å²) in [4.78, 5) is 0. The predicted octanol–water partition coefficient (Wildman–Crippen LogP) is 11.6. The SMILES string of the molecule is CC/C=C/C1CCC(C2CCC(C3=CC[C@H](c4ccc(CCCCCCCC)c(F)c4F)CC3)CC2)CC1. The first kappa shape index (κ1) is 29.5. The average Bonchev–Trinajstić information content (AvgIpc) is 2.96. The van der Waals surface area contributed by atoms with Crippen molar-refractivity contribution in [3.8, 4) is 0 Å². The third kappa shape index (κ3) is 8.04. The van der Waals surface area contributed by atoms with Crippen LogP contribution in [0, 0.1) is 35.3 Å². The first-order chi connectivity index (χ1) is 18.6.